The van der Waals surface area contributed by atoms with Gasteiger partial charge in [0.2, 0.25) is 0 Å². The molecular formula is C18H30ClP. The van der Waals surface area contributed by atoms with Gasteiger partial charge in [-0.25, -0.2) is 0 Å². The zero-order chi connectivity index (χ0) is 14.6. The molecule has 0 saturated heterocycles. The van der Waals surface area contributed by atoms with E-state index >= 15 is 0 Å². The molecule has 0 radical (unpaired) electrons. The summed E-state index contributed by atoms with van der Waals surface area (Å²) < 4.78 is 0. The molecule has 0 nitrogen and oxygen atoms in total. The Bertz CT molecular complexity index is 322. The minimum absolute atomic E-state index is 0.0400. The summed E-state index contributed by atoms with van der Waals surface area (Å²) in [4.78, 5) is 0. The fourth-order valence-electron chi connectivity index (χ4n) is 2.48. The summed E-state index contributed by atoms with van der Waals surface area (Å²) in [5.74, 6) is 0. The number of benzene rings is 1. The second-order valence-electron chi connectivity index (χ2n) is 5.58. The predicted octanol–water partition coefficient (Wildman–Crippen LogP) is 6.61. The number of hydrogen-bond acceptors (Lipinski definition) is 0. The molecule has 0 aliphatic heterocycles. The number of hydrogen-bond donors (Lipinski definition) is 0. The van der Waals surface area contributed by atoms with E-state index in [1.807, 2.05) is 0 Å². The standard InChI is InChI=1S/C18H30ClP/c1-3-5-7-9-15-20(16-10-8-6-4-2)18-13-11-17(19)12-14-18/h11-14H,3-10,15-16H2,1-2H3. The van der Waals surface area contributed by atoms with Crippen molar-refractivity contribution in [3.63, 3.8) is 0 Å². The molecule has 20 heavy (non-hydrogen) atoms. The lowest BCUT2D eigenvalue weighted by molar-refractivity contribution is 0.697. The first-order chi connectivity index (χ1) is 9.77. The third-order valence-corrected chi connectivity index (χ3v) is 6.75. The second-order valence-corrected chi connectivity index (χ2v) is 8.51. The Morgan fingerprint density at radius 3 is 1.70 bits per heavy atom. The lowest BCUT2D eigenvalue weighted by Crippen LogP contribution is -2.06. The van der Waals surface area contributed by atoms with E-state index in [-0.39, 0.29) is 7.92 Å². The summed E-state index contributed by atoms with van der Waals surface area (Å²) in [5.41, 5.74) is 0. The second kappa shape index (κ2) is 11.6. The van der Waals surface area contributed by atoms with Crippen molar-refractivity contribution in [2.75, 3.05) is 12.3 Å². The monoisotopic (exact) mass is 312 g/mol. The zero-order valence-electron chi connectivity index (χ0n) is 13.2. The van der Waals surface area contributed by atoms with E-state index in [9.17, 15) is 0 Å². The van der Waals surface area contributed by atoms with Crippen molar-refractivity contribution in [2.45, 2.75) is 65.2 Å². The highest BCUT2D eigenvalue weighted by atomic mass is 35.5. The molecule has 2 heteroatoms. The van der Waals surface area contributed by atoms with Crippen molar-refractivity contribution < 1.29 is 0 Å². The van der Waals surface area contributed by atoms with Gasteiger partial charge in [0.15, 0.2) is 0 Å². The van der Waals surface area contributed by atoms with Crippen LogP contribution in [-0.2, 0) is 0 Å². The topological polar surface area (TPSA) is 0 Å². The van der Waals surface area contributed by atoms with Gasteiger partial charge in [0.1, 0.15) is 0 Å². The van der Waals surface area contributed by atoms with Crippen molar-refractivity contribution in [3.05, 3.63) is 29.3 Å². The van der Waals surface area contributed by atoms with Gasteiger partial charge in [0.25, 0.3) is 0 Å². The van der Waals surface area contributed by atoms with E-state index in [0.717, 1.165) is 5.02 Å². The highest BCUT2D eigenvalue weighted by molar-refractivity contribution is 7.65. The molecule has 0 aromatic heterocycles. The summed E-state index contributed by atoms with van der Waals surface area (Å²) >= 11 is 6.01. The zero-order valence-corrected chi connectivity index (χ0v) is 14.9. The number of unbranched alkanes of at least 4 members (excludes halogenated alkanes) is 6. The summed E-state index contributed by atoms with van der Waals surface area (Å²) in [7, 11) is 0.0400. The maximum Gasteiger partial charge on any atom is 0.0406 e. The van der Waals surface area contributed by atoms with Crippen LogP contribution in [0.4, 0.5) is 0 Å². The molecule has 0 bridgehead atoms. The van der Waals surface area contributed by atoms with Gasteiger partial charge < -0.3 is 0 Å². The normalized spacial score (nSPS) is 11.2. The smallest absolute Gasteiger partial charge is 0.0406 e. The third-order valence-electron chi connectivity index (χ3n) is 3.75. The first-order valence-corrected chi connectivity index (χ1v) is 10.4. The van der Waals surface area contributed by atoms with Crippen LogP contribution in [0.5, 0.6) is 0 Å². The van der Waals surface area contributed by atoms with Gasteiger partial charge in [-0.1, -0.05) is 84.0 Å². The Kier molecular flexibility index (Phi) is 10.4. The number of rotatable bonds is 11. The van der Waals surface area contributed by atoms with Crippen molar-refractivity contribution in [1.82, 2.24) is 0 Å². The maximum atomic E-state index is 6.01. The molecule has 0 fully saturated rings. The molecule has 1 aromatic carbocycles. The van der Waals surface area contributed by atoms with Crippen LogP contribution in [-0.4, -0.2) is 12.3 Å². The molecule has 0 aliphatic carbocycles. The van der Waals surface area contributed by atoms with Crippen molar-refractivity contribution in [3.8, 4) is 0 Å². The Balaban J connectivity index is 2.47. The fourth-order valence-corrected chi connectivity index (χ4v) is 5.13. The SMILES string of the molecule is CCCCCCP(CCCCCC)c1ccc(Cl)cc1. The molecular weight excluding hydrogens is 283 g/mol. The molecule has 0 N–H and O–H groups in total. The van der Waals surface area contributed by atoms with Crippen molar-refractivity contribution >= 4 is 24.8 Å². The van der Waals surface area contributed by atoms with Gasteiger partial charge in [-0.15, -0.1) is 0 Å². The molecule has 0 amide bonds. The average Bonchev–Trinajstić information content (AvgIpc) is 2.47. The van der Waals surface area contributed by atoms with E-state index in [1.54, 1.807) is 5.30 Å². The minimum atomic E-state index is 0.0400. The molecule has 1 aromatic rings. The van der Waals surface area contributed by atoms with Crippen LogP contribution in [0.2, 0.25) is 5.02 Å². The minimum Gasteiger partial charge on any atom is -0.0843 e. The van der Waals surface area contributed by atoms with Crippen LogP contribution in [0.15, 0.2) is 24.3 Å². The summed E-state index contributed by atoms with van der Waals surface area (Å²) in [6.07, 6.45) is 13.8. The van der Waals surface area contributed by atoms with E-state index in [2.05, 4.69) is 38.1 Å². The van der Waals surface area contributed by atoms with Gasteiger partial charge in [0, 0.05) is 5.02 Å². The molecule has 0 unspecified atom stereocenters. The van der Waals surface area contributed by atoms with Crippen LogP contribution in [0.1, 0.15) is 65.2 Å². The Morgan fingerprint density at radius 1 is 0.750 bits per heavy atom. The van der Waals surface area contributed by atoms with Gasteiger partial charge in [-0.05, 0) is 42.6 Å². The van der Waals surface area contributed by atoms with E-state index < -0.39 is 0 Å². The Labute approximate surface area is 132 Å². The molecule has 0 saturated carbocycles. The molecule has 1 rings (SSSR count). The number of halogens is 1. The van der Waals surface area contributed by atoms with Gasteiger partial charge in [-0.3, -0.25) is 0 Å². The first kappa shape index (κ1) is 18.0. The summed E-state index contributed by atoms with van der Waals surface area (Å²) in [6, 6.07) is 8.63. The van der Waals surface area contributed by atoms with E-state index in [0.29, 0.717) is 0 Å². The quantitative estimate of drug-likeness (QED) is 0.318. The predicted molar refractivity (Wildman–Crippen MR) is 96.0 cm³/mol. The molecule has 114 valence electrons. The average molecular weight is 313 g/mol. The molecule has 0 heterocycles. The van der Waals surface area contributed by atoms with Crippen LogP contribution in [0.25, 0.3) is 0 Å². The third kappa shape index (κ3) is 7.65. The van der Waals surface area contributed by atoms with Gasteiger partial charge in [0.05, 0.1) is 0 Å². The summed E-state index contributed by atoms with van der Waals surface area (Å²) in [6.45, 7) is 4.57. The maximum absolute atomic E-state index is 6.01. The largest absolute Gasteiger partial charge is 0.0843 e. The van der Waals surface area contributed by atoms with Crippen LogP contribution >= 0.6 is 19.5 Å². The molecule has 0 atom stereocenters. The van der Waals surface area contributed by atoms with E-state index in [1.165, 1.54) is 63.7 Å². The highest BCUT2D eigenvalue weighted by Crippen LogP contribution is 2.37. The van der Waals surface area contributed by atoms with Gasteiger partial charge in [-0.2, -0.15) is 0 Å². The first-order valence-electron chi connectivity index (χ1n) is 8.28. The Hall–Kier alpha value is -0.0600. The van der Waals surface area contributed by atoms with Crippen LogP contribution in [0, 0.1) is 0 Å². The van der Waals surface area contributed by atoms with Crippen LogP contribution < -0.4 is 5.30 Å². The Morgan fingerprint density at radius 2 is 1.25 bits per heavy atom. The fraction of sp³-hybridized carbons (Fsp3) is 0.667. The highest BCUT2D eigenvalue weighted by Gasteiger charge is 2.10. The van der Waals surface area contributed by atoms with E-state index in [4.69, 9.17) is 11.6 Å². The van der Waals surface area contributed by atoms with Crippen LogP contribution in [0.3, 0.4) is 0 Å². The summed E-state index contributed by atoms with van der Waals surface area (Å²) in [5, 5.41) is 2.41. The van der Waals surface area contributed by atoms with Crippen molar-refractivity contribution in [2.24, 2.45) is 0 Å². The lowest BCUT2D eigenvalue weighted by Gasteiger charge is -2.18. The molecule has 0 aliphatic rings. The molecule has 0 spiro atoms. The van der Waals surface area contributed by atoms with Crippen molar-refractivity contribution in [1.29, 1.82) is 0 Å². The lowest BCUT2D eigenvalue weighted by atomic mass is 10.2. The van der Waals surface area contributed by atoms with Gasteiger partial charge >= 0.3 is 0 Å².